The molecule has 2 atom stereocenters. The number of carbonyl (C=O) groups is 1. The van der Waals surface area contributed by atoms with Gasteiger partial charge in [0, 0.05) is 20.0 Å². The molecule has 0 bridgehead atoms. The van der Waals surface area contributed by atoms with E-state index in [1.165, 1.54) is 0 Å². The third-order valence-electron chi connectivity index (χ3n) is 1.77. The molecule has 1 fully saturated rings. The number of nitrogens with zero attached hydrogens (tertiary/aromatic N) is 1. The Balaban J connectivity index is 2.49. The lowest BCUT2D eigenvalue weighted by molar-refractivity contribution is -0.138. The number of hydrogen-bond donors (Lipinski definition) is 0. The van der Waals surface area contributed by atoms with Gasteiger partial charge in [0.05, 0.1) is 12.2 Å². The van der Waals surface area contributed by atoms with Gasteiger partial charge in [-0.2, -0.15) is 0 Å². The van der Waals surface area contributed by atoms with Gasteiger partial charge in [-0.25, -0.2) is 0 Å². The van der Waals surface area contributed by atoms with Gasteiger partial charge in [-0.1, -0.05) is 0 Å². The topological polar surface area (TPSA) is 29.5 Å². The summed E-state index contributed by atoms with van der Waals surface area (Å²) in [6, 6.07) is 0. The maximum Gasteiger partial charge on any atom is 0.223 e. The second-order valence-corrected chi connectivity index (χ2v) is 3.06. The number of hydrogen-bond acceptors (Lipinski definition) is 2. The third-order valence-corrected chi connectivity index (χ3v) is 1.77. The molecule has 0 aromatic rings. The van der Waals surface area contributed by atoms with E-state index in [2.05, 4.69) is 6.92 Å². The number of amides is 1. The average molecular weight is 156 g/mol. The van der Waals surface area contributed by atoms with Crippen LogP contribution in [0.4, 0.5) is 0 Å². The van der Waals surface area contributed by atoms with Crippen LogP contribution in [0.1, 0.15) is 13.8 Å². The zero-order valence-electron chi connectivity index (χ0n) is 7.04. The Hall–Kier alpha value is -0.570. The number of ether oxygens (including phenoxy) is 1. The van der Waals surface area contributed by atoms with E-state index in [4.69, 9.17) is 4.74 Å². The van der Waals surface area contributed by atoms with Crippen molar-refractivity contribution in [2.24, 2.45) is 0 Å². The van der Waals surface area contributed by atoms with Crippen LogP contribution >= 0.6 is 0 Å². The molecule has 1 aliphatic heterocycles. The van der Waals surface area contributed by atoms with Crippen molar-refractivity contribution in [2.45, 2.75) is 26.1 Å². The minimum Gasteiger partial charge on any atom is -0.372 e. The Bertz CT molecular complexity index is 148. The maximum atomic E-state index is 10.8. The zero-order valence-corrected chi connectivity index (χ0v) is 7.04. The molecule has 1 amide bonds. The molecule has 11 heavy (non-hydrogen) atoms. The summed E-state index contributed by atoms with van der Waals surface area (Å²) in [5.74, 6) is -0.105. The van der Waals surface area contributed by atoms with E-state index >= 15 is 0 Å². The third kappa shape index (κ3) is 2.19. The Labute approximate surface area is 67.3 Å². The molecule has 1 heterocycles. The lowest BCUT2D eigenvalue weighted by Gasteiger charge is -2.34. The van der Waals surface area contributed by atoms with Crippen LogP contribution in [0.3, 0.4) is 0 Å². The van der Waals surface area contributed by atoms with Gasteiger partial charge in [0.2, 0.25) is 5.91 Å². The van der Waals surface area contributed by atoms with Crippen LogP contribution in [-0.2, 0) is 9.53 Å². The van der Waals surface area contributed by atoms with E-state index in [0.717, 1.165) is 0 Å². The summed E-state index contributed by atoms with van der Waals surface area (Å²) in [6.45, 7) is 8.64. The second kappa shape index (κ2) is 3.22. The van der Waals surface area contributed by atoms with Gasteiger partial charge >= 0.3 is 0 Å². The van der Waals surface area contributed by atoms with Crippen LogP contribution in [0.2, 0.25) is 0 Å². The monoisotopic (exact) mass is 156 g/mol. The summed E-state index contributed by atoms with van der Waals surface area (Å²) < 4.78 is 5.44. The van der Waals surface area contributed by atoms with Crippen molar-refractivity contribution in [2.75, 3.05) is 13.1 Å². The molecule has 0 aromatic heterocycles. The fourth-order valence-corrected chi connectivity index (χ4v) is 1.38. The van der Waals surface area contributed by atoms with Crippen molar-refractivity contribution < 1.29 is 9.53 Å². The van der Waals surface area contributed by atoms with Gasteiger partial charge in [0.15, 0.2) is 0 Å². The van der Waals surface area contributed by atoms with Crippen LogP contribution in [0.25, 0.3) is 0 Å². The summed E-state index contributed by atoms with van der Waals surface area (Å²) in [4.78, 5) is 12.6. The first-order valence-corrected chi connectivity index (χ1v) is 3.86. The highest BCUT2D eigenvalue weighted by molar-refractivity contribution is 5.80. The van der Waals surface area contributed by atoms with Crippen molar-refractivity contribution >= 4 is 5.91 Å². The van der Waals surface area contributed by atoms with E-state index in [1.807, 2.05) is 13.8 Å². The summed E-state index contributed by atoms with van der Waals surface area (Å²) in [5.41, 5.74) is 0. The molecule has 1 radical (unpaired) electrons. The van der Waals surface area contributed by atoms with Crippen LogP contribution < -0.4 is 0 Å². The SMILES string of the molecule is [CH2]C(=O)N1CC(C)OC(C)C1. The van der Waals surface area contributed by atoms with Crippen LogP contribution in [0.5, 0.6) is 0 Å². The minimum absolute atomic E-state index is 0.105. The molecule has 0 aromatic carbocycles. The lowest BCUT2D eigenvalue weighted by atomic mass is 10.2. The van der Waals surface area contributed by atoms with Crippen molar-refractivity contribution in [3.63, 3.8) is 0 Å². The Morgan fingerprint density at radius 2 is 1.91 bits per heavy atom. The van der Waals surface area contributed by atoms with Gasteiger partial charge < -0.3 is 9.64 Å². The number of morpholine rings is 1. The van der Waals surface area contributed by atoms with Crippen LogP contribution in [-0.4, -0.2) is 36.1 Å². The number of rotatable bonds is 0. The average Bonchev–Trinajstić information content (AvgIpc) is 1.85. The molecule has 0 aliphatic carbocycles. The highest BCUT2D eigenvalue weighted by Crippen LogP contribution is 2.09. The van der Waals surface area contributed by atoms with E-state index in [-0.39, 0.29) is 18.1 Å². The lowest BCUT2D eigenvalue weighted by Crippen LogP contribution is -2.47. The Morgan fingerprint density at radius 1 is 1.45 bits per heavy atom. The molecule has 0 spiro atoms. The first-order valence-electron chi connectivity index (χ1n) is 3.86. The van der Waals surface area contributed by atoms with E-state index in [0.29, 0.717) is 13.1 Å². The van der Waals surface area contributed by atoms with E-state index in [1.54, 1.807) is 4.90 Å². The minimum atomic E-state index is -0.105. The highest BCUT2D eigenvalue weighted by atomic mass is 16.5. The Kier molecular flexibility index (Phi) is 2.49. The standard InChI is InChI=1S/C8H14NO2/c1-6-4-9(8(3)10)5-7(2)11-6/h6-7H,3-5H2,1-2H3. The van der Waals surface area contributed by atoms with Crippen molar-refractivity contribution in [1.82, 2.24) is 4.90 Å². The van der Waals surface area contributed by atoms with E-state index in [9.17, 15) is 4.79 Å². The summed E-state index contributed by atoms with van der Waals surface area (Å²) in [6.07, 6.45) is 0.286. The summed E-state index contributed by atoms with van der Waals surface area (Å²) in [5, 5.41) is 0. The molecule has 1 rings (SSSR count). The summed E-state index contributed by atoms with van der Waals surface area (Å²) in [7, 11) is 0. The van der Waals surface area contributed by atoms with Gasteiger partial charge in [-0.15, -0.1) is 0 Å². The van der Waals surface area contributed by atoms with Crippen LogP contribution in [0.15, 0.2) is 0 Å². The number of carbonyl (C=O) groups excluding carboxylic acids is 1. The smallest absolute Gasteiger partial charge is 0.223 e. The predicted octanol–water partition coefficient (Wildman–Crippen LogP) is 0.456. The quantitative estimate of drug-likeness (QED) is 0.510. The maximum absolute atomic E-state index is 10.8. The van der Waals surface area contributed by atoms with Gasteiger partial charge in [-0.3, -0.25) is 4.79 Å². The molecular weight excluding hydrogens is 142 g/mol. The molecule has 0 N–H and O–H groups in total. The predicted molar refractivity (Wildman–Crippen MR) is 41.9 cm³/mol. The van der Waals surface area contributed by atoms with Crippen molar-refractivity contribution in [1.29, 1.82) is 0 Å². The molecular formula is C8H14NO2. The first kappa shape index (κ1) is 8.53. The fourth-order valence-electron chi connectivity index (χ4n) is 1.38. The Morgan fingerprint density at radius 3 is 2.27 bits per heavy atom. The molecule has 1 saturated heterocycles. The largest absolute Gasteiger partial charge is 0.372 e. The fraction of sp³-hybridized carbons (Fsp3) is 0.750. The molecule has 3 heteroatoms. The van der Waals surface area contributed by atoms with Gasteiger partial charge in [-0.05, 0) is 13.8 Å². The molecule has 2 unspecified atom stereocenters. The molecule has 1 aliphatic rings. The van der Waals surface area contributed by atoms with Gasteiger partial charge in [0.1, 0.15) is 0 Å². The highest BCUT2D eigenvalue weighted by Gasteiger charge is 2.23. The van der Waals surface area contributed by atoms with Gasteiger partial charge in [0.25, 0.3) is 0 Å². The van der Waals surface area contributed by atoms with Crippen molar-refractivity contribution in [3.8, 4) is 0 Å². The van der Waals surface area contributed by atoms with E-state index < -0.39 is 0 Å². The van der Waals surface area contributed by atoms with Crippen LogP contribution in [0, 0.1) is 6.92 Å². The zero-order chi connectivity index (χ0) is 8.43. The normalized spacial score (nSPS) is 32.1. The second-order valence-electron chi connectivity index (χ2n) is 3.06. The molecule has 63 valence electrons. The first-order chi connectivity index (χ1) is 5.09. The van der Waals surface area contributed by atoms with Crippen molar-refractivity contribution in [3.05, 3.63) is 6.92 Å². The molecule has 3 nitrogen and oxygen atoms in total. The summed E-state index contributed by atoms with van der Waals surface area (Å²) >= 11 is 0. The molecule has 0 saturated carbocycles.